The van der Waals surface area contributed by atoms with Gasteiger partial charge in [-0.05, 0) is 62.2 Å². The van der Waals surface area contributed by atoms with E-state index in [-0.39, 0.29) is 25.0 Å². The largest absolute Gasteiger partial charge is 0.494 e. The third-order valence-corrected chi connectivity index (χ3v) is 7.43. The Balaban J connectivity index is 1.70. The average molecular weight is 626 g/mol. The highest BCUT2D eigenvalue weighted by atomic mass is 35.5. The lowest BCUT2D eigenvalue weighted by atomic mass is 9.84. The molecule has 43 heavy (non-hydrogen) atoms. The number of carbonyl (C=O) groups is 1. The van der Waals surface area contributed by atoms with Gasteiger partial charge in [0.05, 0.1) is 12.7 Å². The topological polar surface area (TPSA) is 89.4 Å². The molecule has 2 atom stereocenters. The van der Waals surface area contributed by atoms with Gasteiger partial charge in [0.25, 0.3) is 5.91 Å². The number of rotatable bonds is 15. The van der Waals surface area contributed by atoms with Crippen molar-refractivity contribution in [3.8, 4) is 5.75 Å². The molecule has 1 amide bonds. The van der Waals surface area contributed by atoms with E-state index in [0.717, 1.165) is 5.56 Å². The molecular formula is C34H38Cl2N2O5. The van der Waals surface area contributed by atoms with Crippen LogP contribution in [0.3, 0.4) is 0 Å². The lowest BCUT2D eigenvalue weighted by molar-refractivity contribution is -0.128. The molecule has 0 spiro atoms. The minimum absolute atomic E-state index is 0.0605. The summed E-state index contributed by atoms with van der Waals surface area (Å²) in [6, 6.07) is 22.3. The Morgan fingerprint density at radius 3 is 2.53 bits per heavy atom. The van der Waals surface area contributed by atoms with Crippen molar-refractivity contribution < 1.29 is 24.1 Å². The van der Waals surface area contributed by atoms with Gasteiger partial charge in [0.15, 0.2) is 11.6 Å². The van der Waals surface area contributed by atoms with Gasteiger partial charge < -0.3 is 24.6 Å². The highest BCUT2D eigenvalue weighted by molar-refractivity contribution is 6.35. The predicted octanol–water partition coefficient (Wildman–Crippen LogP) is 7.05. The van der Waals surface area contributed by atoms with Crippen LogP contribution in [0.25, 0.3) is 6.08 Å². The molecule has 1 heterocycles. The van der Waals surface area contributed by atoms with Crippen molar-refractivity contribution in [1.82, 2.24) is 5.32 Å². The van der Waals surface area contributed by atoms with Crippen molar-refractivity contribution in [2.24, 2.45) is 4.99 Å². The standard InChI is InChI=1S/C34H38Cl2N2O5/c1-24(2)41-21-7-19-37-33(40)34(18-6-11-25-9-4-3-5-10-25)31(29-17-14-27(35)23-30(29)36)43-32(38-34)26-12-15-28(16-13-26)42-22-8-20-39/h3-6,9-17,23-24,31,39H,7-8,18-22H2,1-2H3,(H,37,40)/b11-6+/t31-,34-/m1/s1. The monoisotopic (exact) mass is 624 g/mol. The number of carbonyl (C=O) groups excluding carboxylic acids is 1. The highest BCUT2D eigenvalue weighted by Gasteiger charge is 2.53. The molecule has 7 nitrogen and oxygen atoms in total. The fraction of sp³-hybridized carbons (Fsp3) is 0.353. The Labute approximate surface area is 263 Å². The van der Waals surface area contributed by atoms with Gasteiger partial charge in [0.1, 0.15) is 5.75 Å². The van der Waals surface area contributed by atoms with Gasteiger partial charge in [-0.2, -0.15) is 0 Å². The van der Waals surface area contributed by atoms with Crippen molar-refractivity contribution in [3.05, 3.63) is 106 Å². The van der Waals surface area contributed by atoms with Crippen molar-refractivity contribution in [2.75, 3.05) is 26.4 Å². The third kappa shape index (κ3) is 8.83. The van der Waals surface area contributed by atoms with Gasteiger partial charge in [-0.15, -0.1) is 0 Å². The first-order chi connectivity index (χ1) is 20.8. The fourth-order valence-electron chi connectivity index (χ4n) is 4.69. The Morgan fingerprint density at radius 1 is 1.07 bits per heavy atom. The van der Waals surface area contributed by atoms with Gasteiger partial charge in [0, 0.05) is 53.8 Å². The van der Waals surface area contributed by atoms with Crippen molar-refractivity contribution >= 4 is 41.1 Å². The van der Waals surface area contributed by atoms with E-state index >= 15 is 0 Å². The van der Waals surface area contributed by atoms with Crippen LogP contribution in [0.2, 0.25) is 10.0 Å². The summed E-state index contributed by atoms with van der Waals surface area (Å²) in [5, 5.41) is 13.0. The molecule has 1 aliphatic heterocycles. The minimum Gasteiger partial charge on any atom is -0.494 e. The number of ether oxygens (including phenoxy) is 3. The normalized spacial score (nSPS) is 18.1. The van der Waals surface area contributed by atoms with Crippen LogP contribution in [0.1, 0.15) is 55.9 Å². The molecule has 0 fully saturated rings. The second-order valence-electron chi connectivity index (χ2n) is 10.5. The van der Waals surface area contributed by atoms with E-state index in [1.54, 1.807) is 18.2 Å². The second-order valence-corrected chi connectivity index (χ2v) is 11.3. The number of aliphatic imine (C=N–C) groups is 1. The number of nitrogens with zero attached hydrogens (tertiary/aromatic N) is 1. The van der Waals surface area contributed by atoms with Crippen molar-refractivity contribution in [1.29, 1.82) is 0 Å². The lowest BCUT2D eigenvalue weighted by Gasteiger charge is -2.30. The Hall–Kier alpha value is -3.36. The lowest BCUT2D eigenvalue weighted by Crippen LogP contribution is -2.48. The third-order valence-electron chi connectivity index (χ3n) is 6.87. The maximum atomic E-state index is 14.2. The Bertz CT molecular complexity index is 1400. The van der Waals surface area contributed by atoms with Crippen LogP contribution in [0.5, 0.6) is 5.75 Å². The summed E-state index contributed by atoms with van der Waals surface area (Å²) >= 11 is 12.9. The van der Waals surface area contributed by atoms with E-state index in [1.165, 1.54) is 0 Å². The first kappa shape index (κ1) is 32.6. The van der Waals surface area contributed by atoms with Crippen LogP contribution in [0.4, 0.5) is 0 Å². The van der Waals surface area contributed by atoms with Crippen LogP contribution >= 0.6 is 23.2 Å². The molecule has 228 valence electrons. The summed E-state index contributed by atoms with van der Waals surface area (Å²) in [4.78, 5) is 19.2. The summed E-state index contributed by atoms with van der Waals surface area (Å²) in [6.45, 7) is 5.37. The maximum absolute atomic E-state index is 14.2. The van der Waals surface area contributed by atoms with Gasteiger partial charge in [0.2, 0.25) is 5.90 Å². The molecule has 0 radical (unpaired) electrons. The second kappa shape index (κ2) is 15.9. The van der Waals surface area contributed by atoms with E-state index in [9.17, 15) is 4.79 Å². The van der Waals surface area contributed by atoms with Crippen LogP contribution in [-0.2, 0) is 14.3 Å². The number of hydrogen-bond donors (Lipinski definition) is 2. The van der Waals surface area contributed by atoms with E-state index in [0.29, 0.717) is 65.4 Å². The molecule has 9 heteroatoms. The molecule has 0 unspecified atom stereocenters. The Morgan fingerprint density at radius 2 is 1.84 bits per heavy atom. The summed E-state index contributed by atoms with van der Waals surface area (Å²) in [5.74, 6) is 0.709. The van der Waals surface area contributed by atoms with E-state index in [2.05, 4.69) is 5.32 Å². The number of amides is 1. The van der Waals surface area contributed by atoms with Crippen molar-refractivity contribution in [3.63, 3.8) is 0 Å². The fourth-order valence-corrected chi connectivity index (χ4v) is 5.20. The summed E-state index contributed by atoms with van der Waals surface area (Å²) in [5.41, 5.74) is 0.953. The summed E-state index contributed by atoms with van der Waals surface area (Å²) < 4.78 is 17.9. The zero-order valence-corrected chi connectivity index (χ0v) is 26.0. The number of aliphatic hydroxyl groups is 1. The number of benzene rings is 3. The number of aliphatic hydroxyl groups excluding tert-OH is 1. The maximum Gasteiger partial charge on any atom is 0.252 e. The average Bonchev–Trinajstić information content (AvgIpc) is 3.38. The van der Waals surface area contributed by atoms with Gasteiger partial charge in [-0.1, -0.05) is 71.8 Å². The molecule has 3 aromatic carbocycles. The summed E-state index contributed by atoms with van der Waals surface area (Å²) in [6.07, 6.45) is 4.66. The van der Waals surface area contributed by atoms with Crippen LogP contribution in [0.15, 0.2) is 83.9 Å². The van der Waals surface area contributed by atoms with E-state index in [1.807, 2.05) is 80.6 Å². The highest BCUT2D eigenvalue weighted by Crippen LogP contribution is 2.45. The first-order valence-corrected chi connectivity index (χ1v) is 15.2. The molecule has 0 saturated heterocycles. The van der Waals surface area contributed by atoms with Crippen molar-refractivity contribution in [2.45, 2.75) is 50.9 Å². The first-order valence-electron chi connectivity index (χ1n) is 14.5. The van der Waals surface area contributed by atoms with E-state index < -0.39 is 11.6 Å². The number of nitrogens with one attached hydrogen (secondary N) is 1. The van der Waals surface area contributed by atoms with Gasteiger partial charge in [-0.3, -0.25) is 4.79 Å². The van der Waals surface area contributed by atoms with Crippen LogP contribution in [0, 0.1) is 0 Å². The van der Waals surface area contributed by atoms with Gasteiger partial charge in [-0.25, -0.2) is 4.99 Å². The molecule has 0 aliphatic carbocycles. The molecule has 4 rings (SSSR count). The van der Waals surface area contributed by atoms with Gasteiger partial charge >= 0.3 is 0 Å². The zero-order chi connectivity index (χ0) is 30.7. The molecular weight excluding hydrogens is 587 g/mol. The van der Waals surface area contributed by atoms with Crippen LogP contribution < -0.4 is 10.1 Å². The predicted molar refractivity (Wildman–Crippen MR) is 172 cm³/mol. The number of halogens is 2. The van der Waals surface area contributed by atoms with Crippen LogP contribution in [-0.4, -0.2) is 54.9 Å². The summed E-state index contributed by atoms with van der Waals surface area (Å²) in [7, 11) is 0. The molecule has 2 N–H and O–H groups in total. The molecule has 0 bridgehead atoms. The molecule has 1 aliphatic rings. The quantitative estimate of drug-likeness (QED) is 0.177. The number of hydrogen-bond acceptors (Lipinski definition) is 6. The smallest absolute Gasteiger partial charge is 0.252 e. The Kier molecular flexibility index (Phi) is 12.1. The molecule has 3 aromatic rings. The SMILES string of the molecule is CC(C)OCCCNC(=O)[C@]1(C/C=C/c2ccccc2)N=C(c2ccc(OCCCO)cc2)O[C@@H]1c1ccc(Cl)cc1Cl. The molecule has 0 saturated carbocycles. The zero-order valence-electron chi connectivity index (χ0n) is 24.5. The molecule has 0 aromatic heterocycles. The minimum atomic E-state index is -1.35. The van der Waals surface area contributed by atoms with E-state index in [4.69, 9.17) is 47.5 Å².